The molecule has 3 heteroatoms. The molecule has 8 heavy (non-hydrogen) atoms. The Morgan fingerprint density at radius 2 is 2.12 bits per heavy atom. The smallest absolute Gasteiger partial charge is 0.123 e. The predicted molar refractivity (Wildman–Crippen MR) is 28.6 cm³/mol. The third kappa shape index (κ3) is 2.26. The molecule has 2 nitrogen and oxygen atoms in total. The molecule has 0 radical (unpaired) electrons. The summed E-state index contributed by atoms with van der Waals surface area (Å²) in [5.74, 6) is 0.572. The van der Waals surface area contributed by atoms with Gasteiger partial charge in [0.05, 0.1) is 0 Å². The van der Waals surface area contributed by atoms with E-state index in [1.165, 1.54) is 0 Å². The zero-order valence-electron chi connectivity index (χ0n) is 4.54. The Hall–Kier alpha value is -0.115. The molecule has 0 spiro atoms. The molecule has 0 aromatic carbocycles. The summed E-state index contributed by atoms with van der Waals surface area (Å²) in [6.07, 6.45) is 1.66. The summed E-state index contributed by atoms with van der Waals surface area (Å²) in [6, 6.07) is 5.43. The van der Waals surface area contributed by atoms with Crippen LogP contribution in [0.5, 0.6) is 0 Å². The molecule has 0 aliphatic rings. The Bertz CT molecular complexity index is 140. The van der Waals surface area contributed by atoms with Crippen LogP contribution in [0.4, 0.5) is 5.82 Å². The number of aromatic nitrogens is 1. The Balaban J connectivity index is 0.000000490. The van der Waals surface area contributed by atoms with Crippen LogP contribution in [-0.4, -0.2) is 4.98 Å². The van der Waals surface area contributed by atoms with E-state index in [-0.39, 0.29) is 27.7 Å². The number of pyridine rings is 1. The molecule has 1 aromatic rings. The molecule has 0 bridgehead atoms. The Labute approximate surface area is 68.6 Å². The molecule has 1 heterocycles. The Morgan fingerprint density at radius 3 is 2.38 bits per heavy atom. The third-order valence-corrected chi connectivity index (χ3v) is 0.688. The molecule has 0 saturated heterocycles. The summed E-state index contributed by atoms with van der Waals surface area (Å²) < 4.78 is 0. The zero-order chi connectivity index (χ0) is 5.11. The molecule has 38 valence electrons. The van der Waals surface area contributed by atoms with Crippen molar-refractivity contribution in [2.75, 3.05) is 5.73 Å². The second kappa shape index (κ2) is 3.84. The summed E-state index contributed by atoms with van der Waals surface area (Å²) in [4.78, 5) is 3.76. The number of hydrogen-bond donors (Lipinski definition) is 1. The van der Waals surface area contributed by atoms with Crippen LogP contribution in [0.3, 0.4) is 0 Å². The van der Waals surface area contributed by atoms with Crippen molar-refractivity contribution < 1.29 is 27.7 Å². The van der Waals surface area contributed by atoms with Crippen LogP contribution in [0.2, 0.25) is 0 Å². The molecule has 2 N–H and O–H groups in total. The normalized spacial score (nSPS) is 7.50. The predicted octanol–water partition coefficient (Wildman–Crippen LogP) is 0.661. The van der Waals surface area contributed by atoms with Gasteiger partial charge in [-0.1, -0.05) is 6.07 Å². The topological polar surface area (TPSA) is 38.9 Å². The van der Waals surface area contributed by atoms with E-state index < -0.39 is 0 Å². The number of nitrogens with two attached hydrogens (primary N) is 1. The van der Waals surface area contributed by atoms with Crippen LogP contribution in [0.1, 0.15) is 0 Å². The molecular formula is C5H6HgN2. The quantitative estimate of drug-likeness (QED) is 0.714. The average molecular weight is 295 g/mol. The molecular weight excluding hydrogens is 289 g/mol. The van der Waals surface area contributed by atoms with E-state index in [0.717, 1.165) is 0 Å². The van der Waals surface area contributed by atoms with Gasteiger partial charge in [-0.25, -0.2) is 4.98 Å². The number of hydrogen-bond acceptors (Lipinski definition) is 2. The fourth-order valence-corrected chi connectivity index (χ4v) is 0.376. The minimum atomic E-state index is 0. The van der Waals surface area contributed by atoms with Gasteiger partial charge in [0.25, 0.3) is 0 Å². The van der Waals surface area contributed by atoms with Crippen LogP contribution < -0.4 is 5.73 Å². The van der Waals surface area contributed by atoms with Gasteiger partial charge in [-0.2, -0.15) is 0 Å². The maximum Gasteiger partial charge on any atom is 0.123 e. The van der Waals surface area contributed by atoms with E-state index in [0.29, 0.717) is 5.82 Å². The fraction of sp³-hybridized carbons (Fsp3) is 0. The summed E-state index contributed by atoms with van der Waals surface area (Å²) in [7, 11) is 0. The molecule has 0 unspecified atom stereocenters. The van der Waals surface area contributed by atoms with Gasteiger partial charge in [-0.05, 0) is 12.1 Å². The first-order chi connectivity index (χ1) is 3.39. The summed E-state index contributed by atoms with van der Waals surface area (Å²) in [5.41, 5.74) is 5.25. The van der Waals surface area contributed by atoms with Gasteiger partial charge in [0.1, 0.15) is 5.82 Å². The minimum absolute atomic E-state index is 0. The first kappa shape index (κ1) is 7.89. The number of nitrogen functional groups attached to an aromatic ring is 1. The van der Waals surface area contributed by atoms with Gasteiger partial charge in [-0.3, -0.25) is 0 Å². The van der Waals surface area contributed by atoms with Crippen molar-refractivity contribution in [2.45, 2.75) is 0 Å². The summed E-state index contributed by atoms with van der Waals surface area (Å²) in [5, 5.41) is 0. The van der Waals surface area contributed by atoms with Crippen molar-refractivity contribution >= 4 is 5.82 Å². The van der Waals surface area contributed by atoms with E-state index in [4.69, 9.17) is 5.73 Å². The maximum absolute atomic E-state index is 5.25. The second-order valence-electron chi connectivity index (χ2n) is 1.25. The van der Waals surface area contributed by atoms with E-state index in [1.807, 2.05) is 12.1 Å². The molecule has 1 rings (SSSR count). The van der Waals surface area contributed by atoms with Crippen molar-refractivity contribution in [3.8, 4) is 0 Å². The summed E-state index contributed by atoms with van der Waals surface area (Å²) >= 11 is 0. The van der Waals surface area contributed by atoms with E-state index in [9.17, 15) is 0 Å². The molecule has 0 amide bonds. The van der Waals surface area contributed by atoms with Crippen LogP contribution in [0.15, 0.2) is 24.4 Å². The second-order valence-corrected chi connectivity index (χ2v) is 1.25. The van der Waals surface area contributed by atoms with Crippen molar-refractivity contribution in [3.05, 3.63) is 24.4 Å². The Morgan fingerprint density at radius 1 is 1.38 bits per heavy atom. The molecule has 1 aromatic heterocycles. The average Bonchev–Trinajstić information content (AvgIpc) is 1.69. The molecule has 0 aliphatic heterocycles. The zero-order valence-corrected chi connectivity index (χ0v) is 10.0. The maximum atomic E-state index is 5.25. The van der Waals surface area contributed by atoms with Crippen LogP contribution in [-0.2, 0) is 27.7 Å². The number of nitrogens with zero attached hydrogens (tertiary/aromatic N) is 1. The van der Waals surface area contributed by atoms with Crippen LogP contribution in [0, 0.1) is 0 Å². The standard InChI is InChI=1S/C5H6N2.Hg/c6-5-3-1-2-4-7-5;/h1-4H,(H2,6,7);. The van der Waals surface area contributed by atoms with Gasteiger partial charge in [0.15, 0.2) is 0 Å². The van der Waals surface area contributed by atoms with Crippen LogP contribution >= 0.6 is 0 Å². The van der Waals surface area contributed by atoms with Crippen molar-refractivity contribution in [3.63, 3.8) is 0 Å². The fourth-order valence-electron chi connectivity index (χ4n) is 0.376. The largest absolute Gasteiger partial charge is 0.384 e. The molecule has 0 fully saturated rings. The molecule has 0 atom stereocenters. The van der Waals surface area contributed by atoms with Crippen LogP contribution in [0.25, 0.3) is 0 Å². The third-order valence-electron chi connectivity index (χ3n) is 0.688. The first-order valence-electron chi connectivity index (χ1n) is 2.06. The van der Waals surface area contributed by atoms with Gasteiger partial charge >= 0.3 is 0 Å². The van der Waals surface area contributed by atoms with Crippen molar-refractivity contribution in [1.82, 2.24) is 4.98 Å². The monoisotopic (exact) mass is 296 g/mol. The number of rotatable bonds is 0. The minimum Gasteiger partial charge on any atom is -0.384 e. The van der Waals surface area contributed by atoms with Gasteiger partial charge in [0.2, 0.25) is 0 Å². The number of anilines is 1. The van der Waals surface area contributed by atoms with Crippen molar-refractivity contribution in [2.24, 2.45) is 0 Å². The molecule has 0 aliphatic carbocycles. The van der Waals surface area contributed by atoms with E-state index in [2.05, 4.69) is 4.98 Å². The van der Waals surface area contributed by atoms with E-state index in [1.54, 1.807) is 12.3 Å². The molecule has 0 saturated carbocycles. The van der Waals surface area contributed by atoms with Gasteiger partial charge in [0, 0.05) is 33.9 Å². The SMILES string of the molecule is Nc1ccccn1.[Hg]. The van der Waals surface area contributed by atoms with Gasteiger partial charge in [-0.15, -0.1) is 0 Å². The van der Waals surface area contributed by atoms with Crippen molar-refractivity contribution in [1.29, 1.82) is 0 Å². The van der Waals surface area contributed by atoms with Gasteiger partial charge < -0.3 is 5.73 Å². The van der Waals surface area contributed by atoms with E-state index >= 15 is 0 Å². The first-order valence-corrected chi connectivity index (χ1v) is 2.06. The Kier molecular flexibility index (Phi) is 3.78. The summed E-state index contributed by atoms with van der Waals surface area (Å²) in [6.45, 7) is 0.